The molecular weight excluding hydrogens is 595 g/mol. The second kappa shape index (κ2) is 12.2. The van der Waals surface area contributed by atoms with Gasteiger partial charge in [0.05, 0.1) is 26.6 Å². The first-order chi connectivity index (χ1) is 18.9. The zero-order valence-corrected chi connectivity index (χ0v) is 25.7. The second-order valence-corrected chi connectivity index (χ2v) is 12.9. The van der Waals surface area contributed by atoms with Gasteiger partial charge < -0.3 is 15.5 Å². The van der Waals surface area contributed by atoms with Crippen molar-refractivity contribution in [2.75, 3.05) is 6.54 Å². The number of carbonyl (C=O) groups is 3. The van der Waals surface area contributed by atoms with E-state index in [1.54, 1.807) is 16.2 Å². The molecule has 1 saturated heterocycles. The number of nitrogens with zero attached hydrogens (tertiary/aromatic N) is 2. The van der Waals surface area contributed by atoms with Gasteiger partial charge in [0, 0.05) is 12.1 Å². The van der Waals surface area contributed by atoms with Gasteiger partial charge in [-0.2, -0.15) is 0 Å². The van der Waals surface area contributed by atoms with Crippen molar-refractivity contribution in [3.63, 3.8) is 0 Å². The van der Waals surface area contributed by atoms with Crippen molar-refractivity contribution in [3.05, 3.63) is 75.1 Å². The summed E-state index contributed by atoms with van der Waals surface area (Å²) in [6, 6.07) is 10.2. The Labute approximate surface area is 246 Å². The van der Waals surface area contributed by atoms with Gasteiger partial charge in [0.25, 0.3) is 5.91 Å². The zero-order valence-electron chi connectivity index (χ0n) is 23.3. The monoisotopic (exact) mass is 628 g/mol. The van der Waals surface area contributed by atoms with Crippen molar-refractivity contribution in [1.82, 2.24) is 20.5 Å². The third-order valence-electron chi connectivity index (χ3n) is 7.19. The predicted octanol–water partition coefficient (Wildman–Crippen LogP) is 6.03. The minimum Gasteiger partial charge on any atom is -0.348 e. The van der Waals surface area contributed by atoms with E-state index in [9.17, 15) is 18.8 Å². The molecule has 3 atom stereocenters. The molecule has 4 rings (SSSR count). The summed E-state index contributed by atoms with van der Waals surface area (Å²) in [5.74, 6) is -1.50. The molecule has 0 aliphatic carbocycles. The molecule has 2 aromatic carbocycles. The van der Waals surface area contributed by atoms with Gasteiger partial charge in [0.15, 0.2) is 0 Å². The van der Waals surface area contributed by atoms with Crippen LogP contribution in [0, 0.1) is 18.2 Å². The Morgan fingerprint density at radius 2 is 1.82 bits per heavy atom. The molecule has 3 amide bonds. The van der Waals surface area contributed by atoms with Gasteiger partial charge in [-0.1, -0.05) is 45.0 Å². The van der Waals surface area contributed by atoms with Gasteiger partial charge in [-0.3, -0.25) is 14.4 Å². The first-order valence-corrected chi connectivity index (χ1v) is 14.9. The van der Waals surface area contributed by atoms with Crippen LogP contribution in [-0.2, 0) is 9.59 Å². The van der Waals surface area contributed by atoms with Crippen LogP contribution in [-0.4, -0.2) is 46.2 Å². The maximum Gasteiger partial charge on any atom is 0.251 e. The van der Waals surface area contributed by atoms with Crippen molar-refractivity contribution < 1.29 is 18.8 Å². The smallest absolute Gasteiger partial charge is 0.251 e. The molecule has 2 heterocycles. The van der Waals surface area contributed by atoms with Gasteiger partial charge in [-0.05, 0) is 77.4 Å². The lowest BCUT2D eigenvalue weighted by atomic mass is 9.85. The highest BCUT2D eigenvalue weighted by Crippen LogP contribution is 2.29. The van der Waals surface area contributed by atoms with Crippen LogP contribution in [0.5, 0.6) is 0 Å². The molecule has 1 unspecified atom stereocenters. The number of hydrogen-bond acceptors (Lipinski definition) is 5. The third kappa shape index (κ3) is 6.61. The lowest BCUT2D eigenvalue weighted by molar-refractivity contribution is -0.142. The maximum absolute atomic E-state index is 13.8. The molecule has 0 radical (unpaired) electrons. The number of likely N-dealkylation sites (tertiary alicyclic amines) is 1. The van der Waals surface area contributed by atoms with Gasteiger partial charge in [0.2, 0.25) is 11.8 Å². The number of amides is 3. The maximum atomic E-state index is 13.8. The molecule has 40 heavy (non-hydrogen) atoms. The highest BCUT2D eigenvalue weighted by atomic mass is 79.9. The van der Waals surface area contributed by atoms with Crippen molar-refractivity contribution in [1.29, 1.82) is 0 Å². The lowest BCUT2D eigenvalue weighted by Crippen LogP contribution is -2.57. The first-order valence-electron chi connectivity index (χ1n) is 13.2. The minimum atomic E-state index is -0.877. The normalized spacial score (nSPS) is 16.9. The Morgan fingerprint density at radius 3 is 2.42 bits per heavy atom. The van der Waals surface area contributed by atoms with Crippen LogP contribution in [0.2, 0.25) is 0 Å². The van der Waals surface area contributed by atoms with E-state index in [2.05, 4.69) is 31.5 Å². The molecule has 1 fully saturated rings. The average molecular weight is 630 g/mol. The highest BCUT2D eigenvalue weighted by molar-refractivity contribution is 9.10. The molecule has 1 aliphatic heterocycles. The van der Waals surface area contributed by atoms with Crippen LogP contribution in [0.15, 0.2) is 52.4 Å². The van der Waals surface area contributed by atoms with Crippen molar-refractivity contribution >= 4 is 45.0 Å². The summed E-state index contributed by atoms with van der Waals surface area (Å²) in [4.78, 5) is 47.2. The summed E-state index contributed by atoms with van der Waals surface area (Å²) < 4.78 is 13.8. The Bertz CT molecular complexity index is 1400. The summed E-state index contributed by atoms with van der Waals surface area (Å²) in [6.07, 6.45) is 1.24. The van der Waals surface area contributed by atoms with E-state index in [1.165, 1.54) is 18.2 Å². The van der Waals surface area contributed by atoms with Crippen LogP contribution in [0.4, 0.5) is 4.39 Å². The molecule has 1 aromatic heterocycles. The Balaban J connectivity index is 1.45. The molecule has 10 heteroatoms. The topological polar surface area (TPSA) is 91.4 Å². The Hall–Kier alpha value is -3.11. The number of hydrogen-bond donors (Lipinski definition) is 2. The first kappa shape index (κ1) is 29.9. The number of aryl methyl sites for hydroxylation is 1. The molecule has 1 aliphatic rings. The molecule has 0 spiro atoms. The fourth-order valence-electron chi connectivity index (χ4n) is 4.86. The number of nitrogens with one attached hydrogen (secondary N) is 2. The molecule has 2 N–H and O–H groups in total. The number of aromatic nitrogens is 1. The van der Waals surface area contributed by atoms with E-state index in [0.29, 0.717) is 19.4 Å². The van der Waals surface area contributed by atoms with Gasteiger partial charge >= 0.3 is 0 Å². The number of thiazole rings is 1. The average Bonchev–Trinajstić information content (AvgIpc) is 3.57. The fraction of sp³-hybridized carbons (Fsp3) is 0.400. The van der Waals surface area contributed by atoms with E-state index in [0.717, 1.165) is 21.7 Å². The van der Waals surface area contributed by atoms with E-state index in [4.69, 9.17) is 0 Å². The molecule has 212 valence electrons. The third-order valence-corrected chi connectivity index (χ3v) is 8.77. The van der Waals surface area contributed by atoms with Gasteiger partial charge in [0.1, 0.15) is 17.9 Å². The summed E-state index contributed by atoms with van der Waals surface area (Å²) in [5.41, 5.74) is 4.46. The minimum absolute atomic E-state index is 0.164. The fourth-order valence-corrected chi connectivity index (χ4v) is 6.05. The molecule has 0 saturated carbocycles. The standard InChI is InChI=1S/C30H34BrFN4O3S/c1-17(19-8-10-20(11-9-19)25-18(2)33-16-40-25)34-28(38)24-7-6-14-36(24)29(39)26(30(3,4)5)35-27(37)21-12-13-23(32)22(31)15-21/h8-13,15-17,24,26H,6-7,14H2,1-5H3,(H,34,38)(H,35,37)/t17-,24-,26?/m0/s1. The quantitative estimate of drug-likeness (QED) is 0.334. The summed E-state index contributed by atoms with van der Waals surface area (Å²) >= 11 is 4.69. The molecule has 7 nitrogen and oxygen atoms in total. The molecule has 0 bridgehead atoms. The van der Waals surface area contributed by atoms with Gasteiger partial charge in [-0.15, -0.1) is 11.3 Å². The molecular formula is C30H34BrFN4O3S. The highest BCUT2D eigenvalue weighted by Gasteiger charge is 2.42. The number of carbonyl (C=O) groups excluding carboxylic acids is 3. The summed E-state index contributed by atoms with van der Waals surface area (Å²) in [7, 11) is 0. The van der Waals surface area contributed by atoms with Gasteiger partial charge in [-0.25, -0.2) is 9.37 Å². The summed E-state index contributed by atoms with van der Waals surface area (Å²) in [6.45, 7) is 9.92. The predicted molar refractivity (Wildman–Crippen MR) is 158 cm³/mol. The van der Waals surface area contributed by atoms with Crippen LogP contribution in [0.25, 0.3) is 10.4 Å². The largest absolute Gasteiger partial charge is 0.348 e. The van der Waals surface area contributed by atoms with Crippen LogP contribution >= 0.6 is 27.3 Å². The Kier molecular flexibility index (Phi) is 9.09. The van der Waals surface area contributed by atoms with E-state index < -0.39 is 29.2 Å². The molecule has 3 aromatic rings. The lowest BCUT2D eigenvalue weighted by Gasteiger charge is -2.35. The SMILES string of the molecule is Cc1ncsc1-c1ccc([C@H](C)NC(=O)[C@@H]2CCCN2C(=O)C(NC(=O)c2ccc(F)c(Br)c2)C(C)(C)C)cc1. The second-order valence-electron chi connectivity index (χ2n) is 11.2. The van der Waals surface area contributed by atoms with E-state index in [1.807, 2.05) is 64.4 Å². The van der Waals surface area contributed by atoms with Crippen molar-refractivity contribution in [3.8, 4) is 10.4 Å². The summed E-state index contributed by atoms with van der Waals surface area (Å²) in [5, 5.41) is 5.91. The van der Waals surface area contributed by atoms with E-state index >= 15 is 0 Å². The van der Waals surface area contributed by atoms with Crippen LogP contribution in [0.1, 0.15) is 68.2 Å². The number of benzene rings is 2. The van der Waals surface area contributed by atoms with Crippen LogP contribution in [0.3, 0.4) is 0 Å². The number of halogens is 2. The number of rotatable bonds is 7. The van der Waals surface area contributed by atoms with E-state index in [-0.39, 0.29) is 27.9 Å². The Morgan fingerprint density at radius 1 is 1.12 bits per heavy atom. The zero-order chi connectivity index (χ0) is 29.2. The van der Waals surface area contributed by atoms with Crippen molar-refractivity contribution in [2.24, 2.45) is 5.41 Å². The van der Waals surface area contributed by atoms with Crippen molar-refractivity contribution in [2.45, 2.75) is 65.6 Å². The van der Waals surface area contributed by atoms with Crippen LogP contribution < -0.4 is 10.6 Å².